The molecule has 0 aliphatic heterocycles. The molecule has 4 aliphatic rings. The van der Waals surface area contributed by atoms with Crippen LogP contribution in [0.4, 0.5) is 0 Å². The van der Waals surface area contributed by atoms with Crippen molar-refractivity contribution in [2.45, 2.75) is 64.9 Å². The predicted molar refractivity (Wildman–Crippen MR) is 83.7 cm³/mol. The van der Waals surface area contributed by atoms with Gasteiger partial charge in [-0.2, -0.15) is 0 Å². The summed E-state index contributed by atoms with van der Waals surface area (Å²) >= 11 is 0. The summed E-state index contributed by atoms with van der Waals surface area (Å²) in [5.74, 6) is -1.19. The summed E-state index contributed by atoms with van der Waals surface area (Å²) in [6.07, 6.45) is 3.79. The van der Waals surface area contributed by atoms with Gasteiger partial charge in [-0.05, 0) is 63.2 Å². The number of hydrogen-bond donors (Lipinski definition) is 2. The Hall–Kier alpha value is -1.36. The minimum Gasteiger partial charge on any atom is -0.478 e. The number of carbonyl (C=O) groups excluding carboxylic acids is 1. The van der Waals surface area contributed by atoms with Crippen LogP contribution < -0.4 is 0 Å². The molecule has 128 valence electrons. The molecule has 4 aliphatic carbocycles. The largest absolute Gasteiger partial charge is 0.478 e. The van der Waals surface area contributed by atoms with Crippen molar-refractivity contribution >= 4 is 11.9 Å². The van der Waals surface area contributed by atoms with Gasteiger partial charge in [0.25, 0.3) is 0 Å². The monoisotopic (exact) mass is 322 g/mol. The van der Waals surface area contributed by atoms with Gasteiger partial charge in [0.05, 0.1) is 18.1 Å². The van der Waals surface area contributed by atoms with Crippen LogP contribution >= 0.6 is 0 Å². The first-order valence-electron chi connectivity index (χ1n) is 8.21. The predicted octanol–water partition coefficient (Wildman–Crippen LogP) is 2.67. The maximum Gasteiger partial charge on any atom is 0.331 e. The Bertz CT molecular complexity index is 599. The number of hydrogen-bond acceptors (Lipinski definition) is 4. The molecule has 4 saturated carbocycles. The first kappa shape index (κ1) is 16.5. The van der Waals surface area contributed by atoms with E-state index in [4.69, 9.17) is 4.74 Å². The van der Waals surface area contributed by atoms with Crippen LogP contribution in [-0.2, 0) is 14.3 Å². The Morgan fingerprint density at radius 3 is 2.04 bits per heavy atom. The van der Waals surface area contributed by atoms with E-state index in [1.807, 2.05) is 6.92 Å². The van der Waals surface area contributed by atoms with E-state index in [1.54, 1.807) is 6.92 Å². The van der Waals surface area contributed by atoms with Gasteiger partial charge in [0.15, 0.2) is 0 Å². The van der Waals surface area contributed by atoms with Crippen molar-refractivity contribution in [2.75, 3.05) is 7.11 Å². The van der Waals surface area contributed by atoms with E-state index in [1.165, 1.54) is 7.11 Å². The molecule has 4 rings (SSSR count). The van der Waals surface area contributed by atoms with Gasteiger partial charge in [0, 0.05) is 5.57 Å². The molecule has 0 saturated heterocycles. The summed E-state index contributed by atoms with van der Waals surface area (Å²) in [6.45, 7) is 5.59. The molecule has 0 spiro atoms. The molecule has 23 heavy (non-hydrogen) atoms. The molecule has 2 N–H and O–H groups in total. The van der Waals surface area contributed by atoms with Crippen molar-refractivity contribution in [3.63, 3.8) is 0 Å². The SMILES string of the molecule is COC(=O)C12CC3(C)CC(O)(C1)CC(C(C)=C(C)C(=O)O)(C3)C2. The highest BCUT2D eigenvalue weighted by molar-refractivity contribution is 5.87. The Labute approximate surface area is 136 Å². The minimum atomic E-state index is -0.928. The molecule has 0 radical (unpaired) electrons. The molecule has 0 aromatic rings. The average molecular weight is 322 g/mol. The lowest BCUT2D eigenvalue weighted by molar-refractivity contribution is -0.229. The standard InChI is InChI=1S/C18H26O5/c1-11(13(19)20)12(2)16-5-15(3)6-17(8-16,14(21)23-4)10-18(22,7-15)9-16/h22H,5-10H2,1-4H3,(H,19,20). The van der Waals surface area contributed by atoms with Crippen molar-refractivity contribution in [2.24, 2.45) is 16.2 Å². The number of aliphatic hydroxyl groups is 1. The third-order valence-corrected chi connectivity index (χ3v) is 6.60. The molecule has 4 unspecified atom stereocenters. The van der Waals surface area contributed by atoms with Gasteiger partial charge in [-0.3, -0.25) is 4.79 Å². The lowest BCUT2D eigenvalue weighted by Gasteiger charge is -2.68. The number of methoxy groups -OCH3 is 1. The maximum absolute atomic E-state index is 12.6. The zero-order valence-electron chi connectivity index (χ0n) is 14.4. The first-order valence-corrected chi connectivity index (χ1v) is 8.21. The molecule has 5 heteroatoms. The second kappa shape index (κ2) is 4.59. The lowest BCUT2D eigenvalue weighted by Crippen LogP contribution is -2.65. The summed E-state index contributed by atoms with van der Waals surface area (Å²) < 4.78 is 5.08. The molecule has 4 fully saturated rings. The zero-order chi connectivity index (χ0) is 17.3. The van der Waals surface area contributed by atoms with E-state index in [2.05, 4.69) is 6.92 Å². The van der Waals surface area contributed by atoms with Crippen LogP contribution in [0.15, 0.2) is 11.1 Å². The van der Waals surface area contributed by atoms with Crippen molar-refractivity contribution < 1.29 is 24.5 Å². The highest BCUT2D eigenvalue weighted by Gasteiger charge is 2.69. The second-order valence-electron chi connectivity index (χ2n) is 8.70. The molecule has 5 nitrogen and oxygen atoms in total. The fourth-order valence-electron chi connectivity index (χ4n) is 6.47. The summed E-state index contributed by atoms with van der Waals surface area (Å²) in [5, 5.41) is 20.5. The zero-order valence-corrected chi connectivity index (χ0v) is 14.4. The molecular weight excluding hydrogens is 296 g/mol. The fraction of sp³-hybridized carbons (Fsp3) is 0.778. The van der Waals surface area contributed by atoms with Crippen LogP contribution in [0.25, 0.3) is 0 Å². The van der Waals surface area contributed by atoms with E-state index in [9.17, 15) is 19.8 Å². The fourth-order valence-corrected chi connectivity index (χ4v) is 6.47. The van der Waals surface area contributed by atoms with Gasteiger partial charge < -0.3 is 14.9 Å². The molecule has 0 amide bonds. The van der Waals surface area contributed by atoms with E-state index < -0.39 is 22.4 Å². The topological polar surface area (TPSA) is 83.8 Å². The molecule has 0 aromatic heterocycles. The van der Waals surface area contributed by atoms with Gasteiger partial charge >= 0.3 is 11.9 Å². The van der Waals surface area contributed by atoms with Gasteiger partial charge in [-0.15, -0.1) is 0 Å². The smallest absolute Gasteiger partial charge is 0.331 e. The number of carboxylic acid groups (broad SMARTS) is 1. The Kier molecular flexibility index (Phi) is 3.29. The quantitative estimate of drug-likeness (QED) is 0.616. The van der Waals surface area contributed by atoms with E-state index in [0.717, 1.165) is 18.4 Å². The highest BCUT2D eigenvalue weighted by Crippen LogP contribution is 2.73. The number of allylic oxidation sites excluding steroid dienone is 1. The lowest BCUT2D eigenvalue weighted by atomic mass is 9.37. The number of ether oxygens (including phenoxy) is 1. The summed E-state index contributed by atoms with van der Waals surface area (Å²) in [7, 11) is 1.39. The van der Waals surface area contributed by atoms with Crippen molar-refractivity contribution in [1.29, 1.82) is 0 Å². The van der Waals surface area contributed by atoms with Crippen molar-refractivity contribution in [1.82, 2.24) is 0 Å². The van der Waals surface area contributed by atoms with Crippen LogP contribution in [0, 0.1) is 16.2 Å². The third kappa shape index (κ3) is 2.24. The Morgan fingerprint density at radius 1 is 0.957 bits per heavy atom. The Balaban J connectivity index is 2.15. The molecule has 4 atom stereocenters. The van der Waals surface area contributed by atoms with Crippen LogP contribution in [0.3, 0.4) is 0 Å². The van der Waals surface area contributed by atoms with Gasteiger partial charge in [-0.1, -0.05) is 12.5 Å². The van der Waals surface area contributed by atoms with Crippen LogP contribution in [0.2, 0.25) is 0 Å². The third-order valence-electron chi connectivity index (χ3n) is 6.60. The van der Waals surface area contributed by atoms with Gasteiger partial charge in [-0.25, -0.2) is 4.79 Å². The number of carbonyl (C=O) groups is 2. The number of aliphatic carboxylic acids is 1. The van der Waals surface area contributed by atoms with E-state index in [-0.39, 0.29) is 11.4 Å². The minimum absolute atomic E-state index is 0.155. The van der Waals surface area contributed by atoms with Crippen molar-refractivity contribution in [3.05, 3.63) is 11.1 Å². The summed E-state index contributed by atoms with van der Waals surface area (Å²) in [4.78, 5) is 24.0. The maximum atomic E-state index is 12.6. The normalized spacial score (nSPS) is 45.6. The average Bonchev–Trinajstić information content (AvgIpc) is 2.40. The molecule has 0 aromatic carbocycles. The van der Waals surface area contributed by atoms with Gasteiger partial charge in [0.2, 0.25) is 0 Å². The molecule has 4 bridgehead atoms. The summed E-state index contributed by atoms with van der Waals surface area (Å²) in [5.41, 5.74) is -1.03. The van der Waals surface area contributed by atoms with E-state index in [0.29, 0.717) is 31.3 Å². The number of rotatable bonds is 3. The van der Waals surface area contributed by atoms with Crippen molar-refractivity contribution in [3.8, 4) is 0 Å². The summed E-state index contributed by atoms with van der Waals surface area (Å²) in [6, 6.07) is 0. The molecule has 0 heterocycles. The van der Waals surface area contributed by atoms with Crippen LogP contribution in [0.1, 0.15) is 59.3 Å². The Morgan fingerprint density at radius 2 is 1.52 bits per heavy atom. The van der Waals surface area contributed by atoms with E-state index >= 15 is 0 Å². The molecular formula is C18H26O5. The number of esters is 1. The van der Waals surface area contributed by atoms with Gasteiger partial charge in [0.1, 0.15) is 0 Å². The number of carboxylic acids is 1. The van der Waals surface area contributed by atoms with Crippen LogP contribution in [-0.4, -0.2) is 34.9 Å². The first-order chi connectivity index (χ1) is 10.5. The van der Waals surface area contributed by atoms with Crippen LogP contribution in [0.5, 0.6) is 0 Å². The second-order valence-corrected chi connectivity index (χ2v) is 8.70. The highest BCUT2D eigenvalue weighted by atomic mass is 16.5.